The Balaban J connectivity index is 4.62. The van der Waals surface area contributed by atoms with E-state index in [9.17, 15) is 14.4 Å². The van der Waals surface area contributed by atoms with Crippen molar-refractivity contribution in [2.75, 3.05) is 13.2 Å². The molecule has 6 nitrogen and oxygen atoms in total. The monoisotopic (exact) mass is 881 g/mol. The van der Waals surface area contributed by atoms with Crippen LogP contribution in [0.1, 0.15) is 181 Å². The van der Waals surface area contributed by atoms with Gasteiger partial charge in [-0.15, -0.1) is 0 Å². The maximum Gasteiger partial charge on any atom is 0.306 e. The minimum Gasteiger partial charge on any atom is -0.462 e. The van der Waals surface area contributed by atoms with Crippen molar-refractivity contribution in [3.05, 3.63) is 146 Å². The van der Waals surface area contributed by atoms with Crippen LogP contribution < -0.4 is 0 Å². The molecule has 0 saturated heterocycles. The second kappa shape index (κ2) is 50.9. The van der Waals surface area contributed by atoms with Crippen LogP contribution in [-0.4, -0.2) is 37.2 Å². The summed E-state index contributed by atoms with van der Waals surface area (Å²) >= 11 is 0. The van der Waals surface area contributed by atoms with E-state index in [1.54, 1.807) is 0 Å². The first kappa shape index (κ1) is 59.3. The molecular formula is C58H88O6. The Morgan fingerprint density at radius 3 is 1.25 bits per heavy atom. The minimum absolute atomic E-state index is 0.135. The second-order valence-corrected chi connectivity index (χ2v) is 15.8. The predicted octanol–water partition coefficient (Wildman–Crippen LogP) is 16.5. The average Bonchev–Trinajstić information content (AvgIpc) is 3.29. The van der Waals surface area contributed by atoms with Gasteiger partial charge in [0, 0.05) is 19.3 Å². The van der Waals surface area contributed by atoms with Crippen LogP contribution in [0.5, 0.6) is 0 Å². The van der Waals surface area contributed by atoms with Crippen LogP contribution in [0, 0.1) is 0 Å². The largest absolute Gasteiger partial charge is 0.462 e. The van der Waals surface area contributed by atoms with Crippen LogP contribution in [0.4, 0.5) is 0 Å². The van der Waals surface area contributed by atoms with E-state index in [-0.39, 0.29) is 50.4 Å². The Bertz CT molecular complexity index is 1480. The summed E-state index contributed by atoms with van der Waals surface area (Å²) in [5, 5.41) is 0. The second-order valence-electron chi connectivity index (χ2n) is 15.8. The van der Waals surface area contributed by atoms with Crippen LogP contribution in [0.3, 0.4) is 0 Å². The number of carbonyl (C=O) groups excluding carboxylic acids is 3. The summed E-state index contributed by atoms with van der Waals surface area (Å²) in [5.74, 6) is -1.08. The lowest BCUT2D eigenvalue weighted by Gasteiger charge is -2.18. The highest BCUT2D eigenvalue weighted by Crippen LogP contribution is 2.11. The lowest BCUT2D eigenvalue weighted by molar-refractivity contribution is -0.166. The fraction of sp³-hybridized carbons (Fsp3) is 0.534. The van der Waals surface area contributed by atoms with E-state index in [1.807, 2.05) is 79.0 Å². The summed E-state index contributed by atoms with van der Waals surface area (Å²) in [7, 11) is 0. The van der Waals surface area contributed by atoms with E-state index in [4.69, 9.17) is 14.2 Å². The number of hydrogen-bond donors (Lipinski definition) is 0. The van der Waals surface area contributed by atoms with Crippen LogP contribution in [0.2, 0.25) is 0 Å². The third kappa shape index (κ3) is 48.3. The van der Waals surface area contributed by atoms with Gasteiger partial charge in [-0.1, -0.05) is 218 Å². The van der Waals surface area contributed by atoms with Gasteiger partial charge < -0.3 is 14.2 Å². The molecule has 0 spiro atoms. The molecular weight excluding hydrogens is 793 g/mol. The smallest absolute Gasteiger partial charge is 0.306 e. The number of hydrogen-bond acceptors (Lipinski definition) is 6. The van der Waals surface area contributed by atoms with Crippen molar-refractivity contribution in [1.82, 2.24) is 0 Å². The van der Waals surface area contributed by atoms with Crippen LogP contribution in [-0.2, 0) is 28.6 Å². The summed E-state index contributed by atoms with van der Waals surface area (Å²) < 4.78 is 16.7. The zero-order valence-corrected chi connectivity index (χ0v) is 40.5. The van der Waals surface area contributed by atoms with Gasteiger partial charge in [0.25, 0.3) is 0 Å². The third-order valence-corrected chi connectivity index (χ3v) is 9.77. The van der Waals surface area contributed by atoms with E-state index in [0.717, 1.165) is 89.9 Å². The molecule has 1 unspecified atom stereocenters. The van der Waals surface area contributed by atoms with E-state index in [2.05, 4.69) is 87.6 Å². The quantitative estimate of drug-likeness (QED) is 0.0200. The normalized spacial score (nSPS) is 13.4. The Kier molecular flexibility index (Phi) is 47.2. The average molecular weight is 881 g/mol. The molecule has 0 rings (SSSR count). The van der Waals surface area contributed by atoms with Crippen molar-refractivity contribution in [2.45, 2.75) is 187 Å². The molecule has 0 N–H and O–H groups in total. The molecule has 0 saturated carbocycles. The Morgan fingerprint density at radius 1 is 0.344 bits per heavy atom. The summed E-state index contributed by atoms with van der Waals surface area (Å²) in [6.07, 6.45) is 72.6. The minimum atomic E-state index is -0.837. The van der Waals surface area contributed by atoms with Gasteiger partial charge in [0.2, 0.25) is 0 Å². The Morgan fingerprint density at radius 2 is 0.719 bits per heavy atom. The first-order chi connectivity index (χ1) is 31.5. The molecule has 0 aromatic heterocycles. The zero-order chi connectivity index (χ0) is 46.5. The molecule has 1 atom stereocenters. The van der Waals surface area contributed by atoms with Crippen LogP contribution in [0.25, 0.3) is 0 Å². The first-order valence-electron chi connectivity index (χ1n) is 24.9. The van der Waals surface area contributed by atoms with Gasteiger partial charge in [0.05, 0.1) is 0 Å². The summed E-state index contributed by atoms with van der Waals surface area (Å²) in [5.41, 5.74) is 0. The third-order valence-electron chi connectivity index (χ3n) is 9.77. The molecule has 0 aliphatic heterocycles. The molecule has 0 aromatic carbocycles. The van der Waals surface area contributed by atoms with Crippen molar-refractivity contribution in [3.63, 3.8) is 0 Å². The molecule has 0 heterocycles. The SMILES string of the molecule is CC/C=C/C=C/C=C/C=C/C=C/C=C/C=C/CCCCCC(=O)OCC(COC(=O)CC/C=C/C/C=C/CCCCCCCC)OC(=O)CCCCCC/C=C/C/C=C/C/C=C/CC. The summed E-state index contributed by atoms with van der Waals surface area (Å²) in [6, 6.07) is 0. The molecule has 0 aliphatic rings. The van der Waals surface area contributed by atoms with Gasteiger partial charge >= 0.3 is 17.9 Å². The number of esters is 3. The molecule has 0 radical (unpaired) electrons. The van der Waals surface area contributed by atoms with Crippen molar-refractivity contribution < 1.29 is 28.6 Å². The van der Waals surface area contributed by atoms with Gasteiger partial charge in [-0.05, 0) is 89.9 Å². The fourth-order valence-corrected chi connectivity index (χ4v) is 6.08. The summed E-state index contributed by atoms with van der Waals surface area (Å²) in [6.45, 7) is 6.22. The van der Waals surface area contributed by atoms with Gasteiger partial charge in [-0.2, -0.15) is 0 Å². The fourth-order valence-electron chi connectivity index (χ4n) is 6.08. The van der Waals surface area contributed by atoms with Gasteiger partial charge in [-0.25, -0.2) is 0 Å². The standard InChI is InChI=1S/C58H88O6/c1-4-7-10-13-16-19-22-25-27-28-29-30-31-34-36-39-42-45-48-51-57(60)63-54-55(53-62-56(59)50-47-44-41-38-35-32-24-21-18-15-12-9-6-3)64-58(61)52-49-46-43-40-37-33-26-23-20-17-14-11-8-5-2/h7-8,10-11,13,16-17,19-20,22,25-36,41,44,55H,4-6,9,12,14-15,18,21,23-24,37-40,42-43,45-54H2,1-3H3/b10-7+,11-8+,16-13+,20-17+,22-19+,27-25+,29-28+,31-30+,33-26+,35-32+,36-34+,44-41+. The maximum atomic E-state index is 12.8. The van der Waals surface area contributed by atoms with Crippen LogP contribution in [0.15, 0.2) is 146 Å². The van der Waals surface area contributed by atoms with Crippen LogP contribution >= 0.6 is 0 Å². The van der Waals surface area contributed by atoms with Gasteiger partial charge in [-0.3, -0.25) is 14.4 Å². The number of rotatable bonds is 42. The predicted molar refractivity (Wildman–Crippen MR) is 274 cm³/mol. The summed E-state index contributed by atoms with van der Waals surface area (Å²) in [4.78, 5) is 37.9. The molecule has 64 heavy (non-hydrogen) atoms. The highest BCUT2D eigenvalue weighted by atomic mass is 16.6. The Labute approximate surface area is 391 Å². The van der Waals surface area contributed by atoms with Crippen molar-refractivity contribution in [2.24, 2.45) is 0 Å². The molecule has 6 heteroatoms. The highest BCUT2D eigenvalue weighted by molar-refractivity contribution is 5.71. The van der Waals surface area contributed by atoms with Crippen molar-refractivity contribution >= 4 is 17.9 Å². The van der Waals surface area contributed by atoms with Gasteiger partial charge in [0.15, 0.2) is 6.10 Å². The van der Waals surface area contributed by atoms with E-state index in [0.29, 0.717) is 12.8 Å². The number of carbonyl (C=O) groups is 3. The molecule has 0 bridgehead atoms. The van der Waals surface area contributed by atoms with Crippen molar-refractivity contribution in [3.8, 4) is 0 Å². The highest BCUT2D eigenvalue weighted by Gasteiger charge is 2.19. The van der Waals surface area contributed by atoms with Crippen molar-refractivity contribution in [1.29, 1.82) is 0 Å². The van der Waals surface area contributed by atoms with E-state index >= 15 is 0 Å². The maximum absolute atomic E-state index is 12.8. The zero-order valence-electron chi connectivity index (χ0n) is 40.5. The van der Waals surface area contributed by atoms with E-state index in [1.165, 1.54) is 38.5 Å². The Hall–Kier alpha value is -4.71. The molecule has 356 valence electrons. The molecule has 0 fully saturated rings. The molecule has 0 amide bonds. The first-order valence-corrected chi connectivity index (χ1v) is 24.9. The molecule has 0 aliphatic carbocycles. The number of unbranched alkanes of at least 4 members (excludes halogenated alkanes) is 13. The van der Waals surface area contributed by atoms with E-state index < -0.39 is 6.10 Å². The lowest BCUT2D eigenvalue weighted by Crippen LogP contribution is -2.30. The molecule has 0 aromatic rings. The van der Waals surface area contributed by atoms with Gasteiger partial charge in [0.1, 0.15) is 13.2 Å². The topological polar surface area (TPSA) is 78.9 Å². The lowest BCUT2D eigenvalue weighted by atomic mass is 10.1. The number of allylic oxidation sites excluding steroid dienone is 24. The number of ether oxygens (including phenoxy) is 3.